The molecule has 1 heterocycles. The van der Waals surface area contributed by atoms with E-state index in [1.165, 1.54) is 54.2 Å². The summed E-state index contributed by atoms with van der Waals surface area (Å²) >= 11 is 0. The molecule has 10 rings (SSSR count). The summed E-state index contributed by atoms with van der Waals surface area (Å²) in [6.45, 7) is 0. The first-order valence-electron chi connectivity index (χ1n) is 16.4. The molecule has 0 radical (unpaired) electrons. The molecule has 10 aromatic rings. The van der Waals surface area contributed by atoms with Gasteiger partial charge in [-0.15, -0.1) is 0 Å². The molecule has 2 nitrogen and oxygen atoms in total. The third-order valence-corrected chi connectivity index (χ3v) is 9.78. The first-order valence-corrected chi connectivity index (χ1v) is 16.4. The number of nitrogens with zero attached hydrogens (tertiary/aromatic N) is 1. The largest absolute Gasteiger partial charge is 0.454 e. The highest BCUT2D eigenvalue weighted by atomic mass is 16.3. The Hall–Kier alpha value is -6.38. The fourth-order valence-electron chi connectivity index (χ4n) is 7.47. The lowest BCUT2D eigenvalue weighted by atomic mass is 9.96. The third-order valence-electron chi connectivity index (χ3n) is 9.78. The van der Waals surface area contributed by atoms with Crippen LogP contribution in [0.2, 0.25) is 0 Å². The molecule has 0 aliphatic rings. The van der Waals surface area contributed by atoms with Crippen LogP contribution < -0.4 is 4.90 Å². The minimum Gasteiger partial charge on any atom is -0.454 e. The van der Waals surface area contributed by atoms with Gasteiger partial charge in [-0.25, -0.2) is 0 Å². The van der Waals surface area contributed by atoms with Crippen LogP contribution in [0.25, 0.3) is 76.2 Å². The van der Waals surface area contributed by atoms with E-state index in [1.807, 2.05) is 0 Å². The maximum Gasteiger partial charge on any atom is 0.159 e. The highest BCUT2D eigenvalue weighted by Crippen LogP contribution is 2.44. The third kappa shape index (κ3) is 4.20. The number of benzene rings is 9. The number of furan rings is 1. The van der Waals surface area contributed by atoms with Crippen molar-refractivity contribution in [3.05, 3.63) is 176 Å². The van der Waals surface area contributed by atoms with Crippen LogP contribution in [0.15, 0.2) is 180 Å². The van der Waals surface area contributed by atoms with E-state index in [1.54, 1.807) is 0 Å². The molecule has 0 atom stereocenters. The van der Waals surface area contributed by atoms with E-state index >= 15 is 0 Å². The van der Waals surface area contributed by atoms with Gasteiger partial charge < -0.3 is 9.32 Å². The predicted molar refractivity (Wildman–Crippen MR) is 204 cm³/mol. The summed E-state index contributed by atoms with van der Waals surface area (Å²) in [6, 6.07) is 63.3. The topological polar surface area (TPSA) is 16.4 Å². The van der Waals surface area contributed by atoms with Crippen LogP contribution in [0.4, 0.5) is 17.1 Å². The quantitative estimate of drug-likeness (QED) is 0.184. The van der Waals surface area contributed by atoms with Crippen molar-refractivity contribution in [1.29, 1.82) is 0 Å². The number of hydrogen-bond acceptors (Lipinski definition) is 2. The van der Waals surface area contributed by atoms with Crippen molar-refractivity contribution in [1.82, 2.24) is 0 Å². The summed E-state index contributed by atoms with van der Waals surface area (Å²) in [5, 5.41) is 12.1. The van der Waals surface area contributed by atoms with Gasteiger partial charge in [0.2, 0.25) is 0 Å². The van der Waals surface area contributed by atoms with E-state index < -0.39 is 0 Å². The van der Waals surface area contributed by atoms with Crippen molar-refractivity contribution in [2.45, 2.75) is 0 Å². The molecule has 0 saturated carbocycles. The second kappa shape index (κ2) is 10.6. The number of rotatable bonds is 4. The highest BCUT2D eigenvalue weighted by Gasteiger charge is 2.20. The highest BCUT2D eigenvalue weighted by molar-refractivity contribution is 6.21. The van der Waals surface area contributed by atoms with E-state index in [4.69, 9.17) is 4.42 Å². The van der Waals surface area contributed by atoms with Crippen LogP contribution in [-0.2, 0) is 0 Å². The average molecular weight is 612 g/mol. The van der Waals surface area contributed by atoms with Crippen molar-refractivity contribution in [3.63, 3.8) is 0 Å². The zero-order chi connectivity index (χ0) is 31.6. The van der Waals surface area contributed by atoms with Crippen molar-refractivity contribution >= 4 is 82.1 Å². The number of anilines is 3. The summed E-state index contributed by atoms with van der Waals surface area (Å²) < 4.78 is 6.76. The maximum atomic E-state index is 6.76. The van der Waals surface area contributed by atoms with Crippen molar-refractivity contribution < 1.29 is 4.42 Å². The lowest BCUT2D eigenvalue weighted by Crippen LogP contribution is -2.10. The predicted octanol–water partition coefficient (Wildman–Crippen LogP) is 13.3. The van der Waals surface area contributed by atoms with Crippen molar-refractivity contribution in [3.8, 4) is 11.1 Å². The monoisotopic (exact) mass is 611 g/mol. The van der Waals surface area contributed by atoms with E-state index in [0.717, 1.165) is 39.0 Å². The Balaban J connectivity index is 1.21. The van der Waals surface area contributed by atoms with Gasteiger partial charge in [-0.1, -0.05) is 133 Å². The molecule has 0 bridgehead atoms. The van der Waals surface area contributed by atoms with Gasteiger partial charge in [-0.3, -0.25) is 0 Å². The molecular formula is C46H29NO. The fourth-order valence-corrected chi connectivity index (χ4v) is 7.47. The molecule has 0 saturated heterocycles. The summed E-state index contributed by atoms with van der Waals surface area (Å²) in [5.41, 5.74) is 7.31. The molecule has 224 valence electrons. The van der Waals surface area contributed by atoms with Crippen LogP contribution in [0.5, 0.6) is 0 Å². The maximum absolute atomic E-state index is 6.76. The first-order chi connectivity index (χ1) is 23.8. The number of hydrogen-bond donors (Lipinski definition) is 0. The van der Waals surface area contributed by atoms with Crippen molar-refractivity contribution in [2.75, 3.05) is 4.90 Å². The Kier molecular flexibility index (Phi) is 5.91. The molecule has 0 amide bonds. The Bertz CT molecular complexity index is 2830. The van der Waals surface area contributed by atoms with Crippen LogP contribution >= 0.6 is 0 Å². The van der Waals surface area contributed by atoms with E-state index in [2.05, 4.69) is 181 Å². The van der Waals surface area contributed by atoms with Gasteiger partial charge in [0.25, 0.3) is 0 Å². The Morgan fingerprint density at radius 2 is 0.979 bits per heavy atom. The molecule has 0 unspecified atom stereocenters. The average Bonchev–Trinajstić information content (AvgIpc) is 3.52. The standard InChI is InChI=1S/C46H29NO/c1-2-9-30(10-3-1)31-21-23-37(24-22-31)47(43-16-8-15-41-42-28-34-12-4-5-13-35(34)29-44(42)48-46(41)43)38-25-26-40-36(27-38)20-19-33-18-17-32-11-6-7-14-39(32)45(33)40/h1-29H. The Morgan fingerprint density at radius 3 is 1.81 bits per heavy atom. The molecule has 0 N–H and O–H groups in total. The second-order valence-electron chi connectivity index (χ2n) is 12.6. The molecule has 0 fully saturated rings. The minimum absolute atomic E-state index is 0.875. The first kappa shape index (κ1) is 26.8. The smallest absolute Gasteiger partial charge is 0.159 e. The number of para-hydroxylation sites is 1. The summed E-state index contributed by atoms with van der Waals surface area (Å²) in [7, 11) is 0. The fraction of sp³-hybridized carbons (Fsp3) is 0. The zero-order valence-electron chi connectivity index (χ0n) is 26.1. The molecule has 1 aromatic heterocycles. The molecule has 2 heteroatoms. The van der Waals surface area contributed by atoms with Crippen LogP contribution in [0.3, 0.4) is 0 Å². The van der Waals surface area contributed by atoms with E-state index in [9.17, 15) is 0 Å². The van der Waals surface area contributed by atoms with Gasteiger partial charge in [0.15, 0.2) is 5.58 Å². The molecule has 0 aliphatic carbocycles. The van der Waals surface area contributed by atoms with Gasteiger partial charge in [0, 0.05) is 22.1 Å². The van der Waals surface area contributed by atoms with E-state index in [0.29, 0.717) is 0 Å². The summed E-state index contributed by atoms with van der Waals surface area (Å²) in [4.78, 5) is 2.34. The van der Waals surface area contributed by atoms with Crippen LogP contribution in [0.1, 0.15) is 0 Å². The van der Waals surface area contributed by atoms with Gasteiger partial charge in [0.1, 0.15) is 5.58 Å². The lowest BCUT2D eigenvalue weighted by molar-refractivity contribution is 0.669. The normalized spacial score (nSPS) is 11.8. The lowest BCUT2D eigenvalue weighted by Gasteiger charge is -2.26. The molecular weight excluding hydrogens is 583 g/mol. The summed E-state index contributed by atoms with van der Waals surface area (Å²) in [5.74, 6) is 0. The summed E-state index contributed by atoms with van der Waals surface area (Å²) in [6.07, 6.45) is 0. The van der Waals surface area contributed by atoms with Crippen LogP contribution in [-0.4, -0.2) is 0 Å². The Morgan fingerprint density at radius 1 is 0.354 bits per heavy atom. The SMILES string of the molecule is c1ccc(-c2ccc(N(c3ccc4c(ccc5ccc6ccccc6c54)c3)c3cccc4c3oc3cc5ccccc5cc34)cc2)cc1. The molecule has 48 heavy (non-hydrogen) atoms. The molecule has 0 spiro atoms. The van der Waals surface area contributed by atoms with Crippen LogP contribution in [0, 0.1) is 0 Å². The van der Waals surface area contributed by atoms with E-state index in [-0.39, 0.29) is 0 Å². The molecule has 9 aromatic carbocycles. The van der Waals surface area contributed by atoms with Gasteiger partial charge in [-0.2, -0.15) is 0 Å². The van der Waals surface area contributed by atoms with Gasteiger partial charge in [0.05, 0.1) is 5.69 Å². The van der Waals surface area contributed by atoms with Gasteiger partial charge in [-0.05, 0) is 96.7 Å². The number of fused-ring (bicyclic) bond motifs is 9. The van der Waals surface area contributed by atoms with Gasteiger partial charge >= 0.3 is 0 Å². The molecule has 0 aliphatic heterocycles. The minimum atomic E-state index is 0.875. The Labute approximate surface area is 277 Å². The zero-order valence-corrected chi connectivity index (χ0v) is 26.1. The second-order valence-corrected chi connectivity index (χ2v) is 12.6. The van der Waals surface area contributed by atoms with Crippen molar-refractivity contribution in [2.24, 2.45) is 0 Å².